The first-order valence-electron chi connectivity index (χ1n) is 6.68. The van der Waals surface area contributed by atoms with Gasteiger partial charge in [0.2, 0.25) is 5.91 Å². The molecule has 1 aliphatic heterocycles. The fourth-order valence-electron chi connectivity index (χ4n) is 1.89. The summed E-state index contributed by atoms with van der Waals surface area (Å²) in [6, 6.07) is 3.01. The van der Waals surface area contributed by atoms with E-state index in [1.54, 1.807) is 12.1 Å². The van der Waals surface area contributed by atoms with Crippen molar-refractivity contribution in [3.63, 3.8) is 0 Å². The summed E-state index contributed by atoms with van der Waals surface area (Å²) in [5, 5.41) is 2.83. The second-order valence-electron chi connectivity index (χ2n) is 4.88. The van der Waals surface area contributed by atoms with Crippen LogP contribution in [-0.2, 0) is 4.79 Å². The number of benzene rings is 1. The SMILES string of the molecule is CCC(C)[C@H](N)C(=O)Nc1cc2c(cc1Br)OCCO2. The second kappa shape index (κ2) is 6.45. The molecule has 5 nitrogen and oxygen atoms in total. The molecule has 0 spiro atoms. The first-order valence-corrected chi connectivity index (χ1v) is 7.47. The van der Waals surface area contributed by atoms with E-state index in [0.29, 0.717) is 30.4 Å². The number of carbonyl (C=O) groups is 1. The minimum Gasteiger partial charge on any atom is -0.486 e. The summed E-state index contributed by atoms with van der Waals surface area (Å²) in [7, 11) is 0. The first kappa shape index (κ1) is 15.1. The van der Waals surface area contributed by atoms with Gasteiger partial charge in [-0.15, -0.1) is 0 Å². The summed E-state index contributed by atoms with van der Waals surface area (Å²) >= 11 is 3.42. The molecule has 6 heteroatoms. The Hall–Kier alpha value is -1.27. The zero-order valence-corrected chi connectivity index (χ0v) is 13.2. The van der Waals surface area contributed by atoms with E-state index in [9.17, 15) is 4.79 Å². The second-order valence-corrected chi connectivity index (χ2v) is 5.73. The van der Waals surface area contributed by atoms with E-state index >= 15 is 0 Å². The Balaban J connectivity index is 2.15. The molecule has 1 aliphatic rings. The summed E-state index contributed by atoms with van der Waals surface area (Å²) in [5.41, 5.74) is 6.56. The molecule has 1 aromatic carbocycles. The number of hydrogen-bond acceptors (Lipinski definition) is 4. The molecule has 3 N–H and O–H groups in total. The van der Waals surface area contributed by atoms with Gasteiger partial charge < -0.3 is 20.5 Å². The molecule has 2 rings (SSSR count). The minimum absolute atomic E-state index is 0.131. The molecule has 110 valence electrons. The molecular formula is C14H19BrN2O3. The number of rotatable bonds is 4. The Morgan fingerprint density at radius 3 is 2.60 bits per heavy atom. The Morgan fingerprint density at radius 1 is 1.40 bits per heavy atom. The summed E-state index contributed by atoms with van der Waals surface area (Å²) < 4.78 is 11.7. The van der Waals surface area contributed by atoms with Gasteiger partial charge in [0, 0.05) is 16.6 Å². The number of halogens is 1. The van der Waals surface area contributed by atoms with Crippen molar-refractivity contribution in [2.75, 3.05) is 18.5 Å². The van der Waals surface area contributed by atoms with Crippen LogP contribution >= 0.6 is 15.9 Å². The normalized spacial score (nSPS) is 16.4. The van der Waals surface area contributed by atoms with Crippen LogP contribution in [0.3, 0.4) is 0 Å². The van der Waals surface area contributed by atoms with Crippen molar-refractivity contribution in [2.24, 2.45) is 11.7 Å². The highest BCUT2D eigenvalue weighted by Crippen LogP contribution is 2.38. The molecule has 20 heavy (non-hydrogen) atoms. The van der Waals surface area contributed by atoms with Crippen molar-refractivity contribution >= 4 is 27.5 Å². The highest BCUT2D eigenvalue weighted by Gasteiger charge is 2.21. The number of fused-ring (bicyclic) bond motifs is 1. The van der Waals surface area contributed by atoms with Gasteiger partial charge in [-0.2, -0.15) is 0 Å². The molecule has 0 saturated carbocycles. The summed E-state index contributed by atoms with van der Waals surface area (Å²) in [6.45, 7) is 5.01. The smallest absolute Gasteiger partial charge is 0.241 e. The quantitative estimate of drug-likeness (QED) is 0.881. The molecule has 0 bridgehead atoms. The average Bonchev–Trinajstić information content (AvgIpc) is 2.46. The molecule has 0 aromatic heterocycles. The molecule has 1 aromatic rings. The van der Waals surface area contributed by atoms with Gasteiger partial charge in [0.1, 0.15) is 13.2 Å². The molecule has 0 fully saturated rings. The van der Waals surface area contributed by atoms with Gasteiger partial charge in [-0.05, 0) is 21.8 Å². The van der Waals surface area contributed by atoms with E-state index in [-0.39, 0.29) is 11.8 Å². The number of carbonyl (C=O) groups excluding carboxylic acids is 1. The lowest BCUT2D eigenvalue weighted by molar-refractivity contribution is -0.118. The van der Waals surface area contributed by atoms with E-state index in [1.165, 1.54) is 0 Å². The van der Waals surface area contributed by atoms with Gasteiger partial charge >= 0.3 is 0 Å². The average molecular weight is 343 g/mol. The third-order valence-electron chi connectivity index (χ3n) is 3.45. The highest BCUT2D eigenvalue weighted by molar-refractivity contribution is 9.10. The van der Waals surface area contributed by atoms with Gasteiger partial charge in [0.05, 0.1) is 11.7 Å². The lowest BCUT2D eigenvalue weighted by Gasteiger charge is -2.21. The standard InChI is InChI=1S/C14H19BrN2O3/c1-3-8(2)13(16)14(18)17-10-7-12-11(6-9(10)15)19-4-5-20-12/h6-8,13H,3-5,16H2,1-2H3,(H,17,18)/t8?,13-/m0/s1. The van der Waals surface area contributed by atoms with Gasteiger partial charge in [0.15, 0.2) is 11.5 Å². The van der Waals surface area contributed by atoms with Crippen LogP contribution < -0.4 is 20.5 Å². The predicted octanol–water partition coefficient (Wildman–Crippen LogP) is 2.53. The lowest BCUT2D eigenvalue weighted by atomic mass is 9.99. The van der Waals surface area contributed by atoms with Crippen molar-refractivity contribution in [3.8, 4) is 11.5 Å². The number of ether oxygens (including phenoxy) is 2. The Bertz CT molecular complexity index is 507. The van der Waals surface area contributed by atoms with E-state index < -0.39 is 6.04 Å². The zero-order chi connectivity index (χ0) is 14.7. The minimum atomic E-state index is -0.528. The molecule has 0 aliphatic carbocycles. The van der Waals surface area contributed by atoms with Crippen LogP contribution in [0.4, 0.5) is 5.69 Å². The fraction of sp³-hybridized carbons (Fsp3) is 0.500. The summed E-state index contributed by atoms with van der Waals surface area (Å²) in [6.07, 6.45) is 0.858. The largest absolute Gasteiger partial charge is 0.486 e. The van der Waals surface area contributed by atoms with Gasteiger partial charge in [-0.1, -0.05) is 20.3 Å². The summed E-state index contributed by atoms with van der Waals surface area (Å²) in [4.78, 5) is 12.1. The number of nitrogens with one attached hydrogen (secondary N) is 1. The third-order valence-corrected chi connectivity index (χ3v) is 4.11. The molecule has 1 heterocycles. The first-order chi connectivity index (χ1) is 9.52. The maximum absolute atomic E-state index is 12.1. The van der Waals surface area contributed by atoms with E-state index in [0.717, 1.165) is 10.9 Å². The maximum atomic E-state index is 12.1. The van der Waals surface area contributed by atoms with Gasteiger partial charge in [-0.3, -0.25) is 4.79 Å². The number of hydrogen-bond donors (Lipinski definition) is 2. The summed E-state index contributed by atoms with van der Waals surface area (Å²) in [5.74, 6) is 1.24. The number of amides is 1. The van der Waals surface area contributed by atoms with Crippen molar-refractivity contribution in [1.82, 2.24) is 0 Å². The highest BCUT2D eigenvalue weighted by atomic mass is 79.9. The van der Waals surface area contributed by atoms with E-state index in [1.807, 2.05) is 13.8 Å². The van der Waals surface area contributed by atoms with Crippen LogP contribution in [-0.4, -0.2) is 25.2 Å². The number of anilines is 1. The lowest BCUT2D eigenvalue weighted by Crippen LogP contribution is -2.40. The van der Waals surface area contributed by atoms with Crippen LogP contribution in [0, 0.1) is 5.92 Å². The molecule has 2 atom stereocenters. The zero-order valence-electron chi connectivity index (χ0n) is 11.6. The topological polar surface area (TPSA) is 73.6 Å². The molecule has 1 amide bonds. The Labute approximate surface area is 126 Å². The van der Waals surface area contributed by atoms with Crippen molar-refractivity contribution in [3.05, 3.63) is 16.6 Å². The van der Waals surface area contributed by atoms with Crippen LogP contribution in [0.5, 0.6) is 11.5 Å². The maximum Gasteiger partial charge on any atom is 0.241 e. The van der Waals surface area contributed by atoms with Gasteiger partial charge in [0.25, 0.3) is 0 Å². The van der Waals surface area contributed by atoms with Crippen LogP contribution in [0.15, 0.2) is 16.6 Å². The molecular weight excluding hydrogens is 324 g/mol. The van der Waals surface area contributed by atoms with Crippen molar-refractivity contribution < 1.29 is 14.3 Å². The van der Waals surface area contributed by atoms with E-state index in [4.69, 9.17) is 15.2 Å². The fourth-order valence-corrected chi connectivity index (χ4v) is 2.31. The number of nitrogens with two attached hydrogens (primary N) is 1. The van der Waals surface area contributed by atoms with Gasteiger partial charge in [-0.25, -0.2) is 0 Å². The third kappa shape index (κ3) is 3.24. The molecule has 0 saturated heterocycles. The van der Waals surface area contributed by atoms with Crippen molar-refractivity contribution in [1.29, 1.82) is 0 Å². The van der Waals surface area contributed by atoms with Crippen LogP contribution in [0.1, 0.15) is 20.3 Å². The predicted molar refractivity (Wildman–Crippen MR) is 81.2 cm³/mol. The van der Waals surface area contributed by atoms with Crippen molar-refractivity contribution in [2.45, 2.75) is 26.3 Å². The van der Waals surface area contributed by atoms with Crippen LogP contribution in [0.25, 0.3) is 0 Å². The van der Waals surface area contributed by atoms with E-state index in [2.05, 4.69) is 21.2 Å². The Morgan fingerprint density at radius 2 is 2.00 bits per heavy atom. The monoisotopic (exact) mass is 342 g/mol. The molecule has 0 radical (unpaired) electrons. The molecule has 1 unspecified atom stereocenters. The Kier molecular flexibility index (Phi) is 4.88. The van der Waals surface area contributed by atoms with Crippen LogP contribution in [0.2, 0.25) is 0 Å².